The topological polar surface area (TPSA) is 67.4 Å². The van der Waals surface area contributed by atoms with E-state index >= 15 is 0 Å². The molecule has 0 aliphatic carbocycles. The van der Waals surface area contributed by atoms with Crippen molar-refractivity contribution >= 4 is 35.6 Å². The average molecular weight is 518 g/mol. The number of benzene rings is 1. The van der Waals surface area contributed by atoms with Crippen molar-refractivity contribution in [3.63, 3.8) is 0 Å². The van der Waals surface area contributed by atoms with Gasteiger partial charge < -0.3 is 29.7 Å². The van der Waals surface area contributed by atoms with Crippen LogP contribution >= 0.6 is 24.0 Å². The number of guanidine groups is 1. The van der Waals surface area contributed by atoms with Gasteiger partial charge in [0.25, 0.3) is 0 Å². The molecule has 7 nitrogen and oxygen atoms in total. The summed E-state index contributed by atoms with van der Waals surface area (Å²) in [7, 11) is 1.76. The molecular formula is C21H35IN4O3. The van der Waals surface area contributed by atoms with Crippen molar-refractivity contribution < 1.29 is 14.2 Å². The maximum Gasteiger partial charge on any atom is 0.195 e. The Balaban J connectivity index is 0.00000300. The second-order valence-electron chi connectivity index (χ2n) is 7.33. The minimum absolute atomic E-state index is 0. The second-order valence-corrected chi connectivity index (χ2v) is 7.33. The molecule has 0 atom stereocenters. The predicted molar refractivity (Wildman–Crippen MR) is 128 cm³/mol. The van der Waals surface area contributed by atoms with Crippen molar-refractivity contribution in [2.45, 2.75) is 26.2 Å². The smallest absolute Gasteiger partial charge is 0.195 e. The highest BCUT2D eigenvalue weighted by Gasteiger charge is 2.19. The van der Waals surface area contributed by atoms with Gasteiger partial charge in [-0.05, 0) is 50.9 Å². The van der Waals surface area contributed by atoms with Gasteiger partial charge >= 0.3 is 0 Å². The number of halogens is 1. The van der Waals surface area contributed by atoms with E-state index in [1.807, 2.05) is 18.2 Å². The summed E-state index contributed by atoms with van der Waals surface area (Å²) in [6.07, 6.45) is 3.29. The number of hydrogen-bond acceptors (Lipinski definition) is 5. The van der Waals surface area contributed by atoms with Crippen molar-refractivity contribution in [3.05, 3.63) is 18.2 Å². The monoisotopic (exact) mass is 518 g/mol. The summed E-state index contributed by atoms with van der Waals surface area (Å²) in [5.41, 5.74) is 0.957. The fraction of sp³-hybridized carbons (Fsp3) is 0.667. The molecule has 2 aliphatic heterocycles. The molecule has 0 saturated carbocycles. The van der Waals surface area contributed by atoms with Crippen LogP contribution in [0.15, 0.2) is 23.2 Å². The van der Waals surface area contributed by atoms with Crippen LogP contribution in [0.4, 0.5) is 5.69 Å². The van der Waals surface area contributed by atoms with Gasteiger partial charge in [0, 0.05) is 44.9 Å². The minimum atomic E-state index is 0. The summed E-state index contributed by atoms with van der Waals surface area (Å²) >= 11 is 0. The molecule has 1 saturated heterocycles. The molecule has 2 aliphatic rings. The van der Waals surface area contributed by atoms with Gasteiger partial charge in [-0.15, -0.1) is 24.0 Å². The lowest BCUT2D eigenvalue weighted by molar-refractivity contribution is 0.121. The predicted octanol–water partition coefficient (Wildman–Crippen LogP) is 3.20. The van der Waals surface area contributed by atoms with E-state index in [1.165, 1.54) is 12.8 Å². The number of hydrogen-bond donors (Lipinski definition) is 2. The summed E-state index contributed by atoms with van der Waals surface area (Å²) in [6.45, 7) is 9.25. The van der Waals surface area contributed by atoms with Gasteiger partial charge in [0.2, 0.25) is 0 Å². The summed E-state index contributed by atoms with van der Waals surface area (Å²) in [4.78, 5) is 7.31. The third-order valence-electron chi connectivity index (χ3n) is 5.18. The molecular weight excluding hydrogens is 483 g/mol. The summed E-state index contributed by atoms with van der Waals surface area (Å²) in [6, 6.07) is 5.96. The van der Waals surface area contributed by atoms with E-state index in [2.05, 4.69) is 22.5 Å². The molecule has 0 radical (unpaired) electrons. The van der Waals surface area contributed by atoms with Crippen LogP contribution in [0.2, 0.25) is 0 Å². The van der Waals surface area contributed by atoms with Crippen molar-refractivity contribution in [3.8, 4) is 11.5 Å². The fourth-order valence-corrected chi connectivity index (χ4v) is 3.52. The molecule has 164 valence electrons. The van der Waals surface area contributed by atoms with Gasteiger partial charge in [-0.25, -0.2) is 0 Å². The van der Waals surface area contributed by atoms with Crippen LogP contribution in [0.1, 0.15) is 26.2 Å². The number of nitrogens with zero attached hydrogens (tertiary/aromatic N) is 2. The van der Waals surface area contributed by atoms with E-state index in [0.717, 1.165) is 68.9 Å². The second kappa shape index (κ2) is 13.1. The van der Waals surface area contributed by atoms with Gasteiger partial charge in [0.05, 0.1) is 19.8 Å². The van der Waals surface area contributed by atoms with Gasteiger partial charge in [-0.1, -0.05) is 0 Å². The molecule has 3 rings (SSSR count). The fourth-order valence-electron chi connectivity index (χ4n) is 3.52. The molecule has 2 heterocycles. The zero-order valence-electron chi connectivity index (χ0n) is 17.6. The third-order valence-corrected chi connectivity index (χ3v) is 5.18. The zero-order chi connectivity index (χ0) is 19.6. The normalized spacial score (nSPS) is 17.9. The summed E-state index contributed by atoms with van der Waals surface area (Å²) < 4.78 is 16.7. The van der Waals surface area contributed by atoms with Crippen molar-refractivity contribution in [2.75, 3.05) is 65.0 Å². The molecule has 2 N–H and O–H groups in total. The zero-order valence-corrected chi connectivity index (χ0v) is 19.9. The Bertz CT molecular complexity index is 636. The molecule has 8 heteroatoms. The van der Waals surface area contributed by atoms with Crippen LogP contribution in [-0.4, -0.2) is 70.5 Å². The molecule has 0 bridgehead atoms. The lowest BCUT2D eigenvalue weighted by Crippen LogP contribution is -2.37. The number of fused-ring (bicyclic) bond motifs is 1. The highest BCUT2D eigenvalue weighted by Crippen LogP contribution is 2.32. The van der Waals surface area contributed by atoms with Crippen LogP contribution < -0.4 is 20.1 Å². The van der Waals surface area contributed by atoms with Crippen LogP contribution in [0.5, 0.6) is 11.5 Å². The number of ether oxygens (including phenoxy) is 3. The lowest BCUT2D eigenvalue weighted by atomic mass is 9.97. The summed E-state index contributed by atoms with van der Waals surface area (Å²) in [5, 5.41) is 6.74. The average Bonchev–Trinajstić information content (AvgIpc) is 2.96. The number of likely N-dealkylation sites (tertiary alicyclic amines) is 1. The lowest BCUT2D eigenvalue weighted by Gasteiger charge is -2.31. The highest BCUT2D eigenvalue weighted by atomic mass is 127. The standard InChI is InChI=1S/C21H34N4O3.HI/c1-3-22-21(23-16-17-7-9-25(10-8-17)11-14-26-2)24-18-5-6-19-20(15-18)28-13-4-12-27-19;/h5-6,15,17H,3-4,7-14,16H2,1-2H3,(H2,22,23,24);1H. The Morgan fingerprint density at radius 2 is 1.97 bits per heavy atom. The number of anilines is 1. The minimum Gasteiger partial charge on any atom is -0.490 e. The van der Waals surface area contributed by atoms with E-state index in [-0.39, 0.29) is 24.0 Å². The highest BCUT2D eigenvalue weighted by molar-refractivity contribution is 14.0. The van der Waals surface area contributed by atoms with Crippen LogP contribution in [0, 0.1) is 5.92 Å². The van der Waals surface area contributed by atoms with Crippen LogP contribution in [-0.2, 0) is 4.74 Å². The Morgan fingerprint density at radius 1 is 1.21 bits per heavy atom. The Kier molecular flexibility index (Phi) is 10.9. The molecule has 29 heavy (non-hydrogen) atoms. The Morgan fingerprint density at radius 3 is 2.69 bits per heavy atom. The Labute approximate surface area is 191 Å². The van der Waals surface area contributed by atoms with Gasteiger partial charge in [0.1, 0.15) is 0 Å². The molecule has 0 unspecified atom stereocenters. The van der Waals surface area contributed by atoms with E-state index in [9.17, 15) is 0 Å². The van der Waals surface area contributed by atoms with E-state index in [0.29, 0.717) is 19.1 Å². The third kappa shape index (κ3) is 7.82. The quantitative estimate of drug-likeness (QED) is 0.329. The first-order valence-corrected chi connectivity index (χ1v) is 10.4. The first kappa shape index (κ1) is 24.0. The number of methoxy groups -OCH3 is 1. The number of piperidine rings is 1. The van der Waals surface area contributed by atoms with Crippen molar-refractivity contribution in [1.29, 1.82) is 0 Å². The first-order valence-electron chi connectivity index (χ1n) is 10.4. The molecule has 1 aromatic carbocycles. The number of nitrogens with one attached hydrogen (secondary N) is 2. The SMILES string of the molecule is CCNC(=NCC1CCN(CCOC)CC1)Nc1ccc2c(c1)OCCCO2.I. The van der Waals surface area contributed by atoms with E-state index in [1.54, 1.807) is 7.11 Å². The van der Waals surface area contributed by atoms with Crippen molar-refractivity contribution in [1.82, 2.24) is 10.2 Å². The molecule has 0 amide bonds. The summed E-state index contributed by atoms with van der Waals surface area (Å²) in [5.74, 6) is 3.06. The van der Waals surface area contributed by atoms with E-state index < -0.39 is 0 Å². The van der Waals surface area contributed by atoms with Crippen LogP contribution in [0.3, 0.4) is 0 Å². The first-order chi connectivity index (χ1) is 13.8. The van der Waals surface area contributed by atoms with Gasteiger partial charge in [-0.3, -0.25) is 4.99 Å². The molecule has 0 aromatic heterocycles. The van der Waals surface area contributed by atoms with Gasteiger partial charge in [-0.2, -0.15) is 0 Å². The maximum absolute atomic E-state index is 5.78. The Hall–Kier alpha value is -1.26. The van der Waals surface area contributed by atoms with Crippen molar-refractivity contribution in [2.24, 2.45) is 10.9 Å². The van der Waals surface area contributed by atoms with Crippen LogP contribution in [0.25, 0.3) is 0 Å². The molecule has 0 spiro atoms. The van der Waals surface area contributed by atoms with E-state index in [4.69, 9.17) is 19.2 Å². The number of aliphatic imine (C=N–C) groups is 1. The molecule has 1 fully saturated rings. The largest absolute Gasteiger partial charge is 0.490 e. The maximum atomic E-state index is 5.78. The molecule has 1 aromatic rings. The van der Waals surface area contributed by atoms with Gasteiger partial charge in [0.15, 0.2) is 17.5 Å². The number of rotatable bonds is 7.